The first-order valence-electron chi connectivity index (χ1n) is 8.14. The standard InChI is InChI=1S/C18H22FN3O/c1-14-20-8-11-21(14)9-3-6-18(23)22-10-7-16(13-22)15-4-2-5-17(19)12-15/h2,4-5,8,11-12,16H,3,6-7,9-10,13H2,1H3/t16-/m0/s1. The third-order valence-corrected chi connectivity index (χ3v) is 4.57. The van der Waals surface area contributed by atoms with Crippen molar-refractivity contribution >= 4 is 5.91 Å². The number of aryl methyl sites for hydroxylation is 2. The number of carbonyl (C=O) groups is 1. The highest BCUT2D eigenvalue weighted by atomic mass is 19.1. The zero-order chi connectivity index (χ0) is 16.2. The minimum atomic E-state index is -0.206. The summed E-state index contributed by atoms with van der Waals surface area (Å²) in [5, 5.41) is 0. The van der Waals surface area contributed by atoms with Gasteiger partial charge in [0.25, 0.3) is 0 Å². The molecule has 0 saturated carbocycles. The van der Waals surface area contributed by atoms with Crippen LogP contribution in [0.15, 0.2) is 36.7 Å². The highest BCUT2D eigenvalue weighted by Crippen LogP contribution is 2.28. The highest BCUT2D eigenvalue weighted by molar-refractivity contribution is 5.76. The van der Waals surface area contributed by atoms with Gasteiger partial charge < -0.3 is 9.47 Å². The maximum Gasteiger partial charge on any atom is 0.222 e. The van der Waals surface area contributed by atoms with Crippen molar-refractivity contribution < 1.29 is 9.18 Å². The molecule has 0 radical (unpaired) electrons. The molecule has 3 rings (SSSR count). The van der Waals surface area contributed by atoms with Crippen molar-refractivity contribution in [1.29, 1.82) is 0 Å². The SMILES string of the molecule is Cc1nccn1CCCC(=O)N1CC[C@H](c2cccc(F)c2)C1. The summed E-state index contributed by atoms with van der Waals surface area (Å²) in [5.74, 6) is 1.22. The van der Waals surface area contributed by atoms with Crippen molar-refractivity contribution in [3.05, 3.63) is 53.9 Å². The molecule has 0 unspecified atom stereocenters. The molecule has 1 saturated heterocycles. The average molecular weight is 315 g/mol. The van der Waals surface area contributed by atoms with Gasteiger partial charge in [-0.15, -0.1) is 0 Å². The van der Waals surface area contributed by atoms with Crippen molar-refractivity contribution in [1.82, 2.24) is 14.5 Å². The number of nitrogens with zero attached hydrogens (tertiary/aromatic N) is 3. The largest absolute Gasteiger partial charge is 0.342 e. The van der Waals surface area contributed by atoms with Gasteiger partial charge >= 0.3 is 0 Å². The monoisotopic (exact) mass is 315 g/mol. The summed E-state index contributed by atoms with van der Waals surface area (Å²) < 4.78 is 15.4. The van der Waals surface area contributed by atoms with Crippen LogP contribution in [-0.4, -0.2) is 33.4 Å². The second kappa shape index (κ2) is 6.94. The molecule has 0 spiro atoms. The fraction of sp³-hybridized carbons (Fsp3) is 0.444. The molecule has 2 aromatic rings. The van der Waals surface area contributed by atoms with Crippen molar-refractivity contribution in [3.63, 3.8) is 0 Å². The lowest BCUT2D eigenvalue weighted by Gasteiger charge is -2.17. The quantitative estimate of drug-likeness (QED) is 0.850. The maximum absolute atomic E-state index is 13.3. The van der Waals surface area contributed by atoms with Crippen LogP contribution in [0, 0.1) is 12.7 Å². The summed E-state index contributed by atoms with van der Waals surface area (Å²) in [5.41, 5.74) is 0.995. The molecule has 1 aliphatic rings. The summed E-state index contributed by atoms with van der Waals surface area (Å²) in [6, 6.07) is 6.73. The van der Waals surface area contributed by atoms with Crippen molar-refractivity contribution in [2.75, 3.05) is 13.1 Å². The number of amides is 1. The summed E-state index contributed by atoms with van der Waals surface area (Å²) >= 11 is 0. The summed E-state index contributed by atoms with van der Waals surface area (Å²) in [6.45, 7) is 4.25. The molecule has 1 amide bonds. The molecular weight excluding hydrogens is 293 g/mol. The summed E-state index contributed by atoms with van der Waals surface area (Å²) in [6.07, 6.45) is 6.00. The van der Waals surface area contributed by atoms with Crippen LogP contribution in [-0.2, 0) is 11.3 Å². The lowest BCUT2D eigenvalue weighted by atomic mass is 9.98. The van der Waals surface area contributed by atoms with E-state index in [1.165, 1.54) is 6.07 Å². The van der Waals surface area contributed by atoms with Gasteiger partial charge in [-0.1, -0.05) is 12.1 Å². The first-order valence-corrected chi connectivity index (χ1v) is 8.14. The van der Waals surface area contributed by atoms with Crippen LogP contribution in [0.4, 0.5) is 4.39 Å². The molecule has 122 valence electrons. The van der Waals surface area contributed by atoms with Gasteiger partial charge in [0.2, 0.25) is 5.91 Å². The van der Waals surface area contributed by atoms with Gasteiger partial charge in [0.15, 0.2) is 0 Å². The fourth-order valence-corrected chi connectivity index (χ4v) is 3.22. The number of carbonyl (C=O) groups excluding carboxylic acids is 1. The Morgan fingerprint density at radius 1 is 1.43 bits per heavy atom. The Hall–Kier alpha value is -2.17. The summed E-state index contributed by atoms with van der Waals surface area (Å²) in [7, 11) is 0. The Morgan fingerprint density at radius 2 is 2.30 bits per heavy atom. The molecule has 1 aromatic heterocycles. The number of aromatic nitrogens is 2. The minimum Gasteiger partial charge on any atom is -0.342 e. The van der Waals surface area contributed by atoms with Gasteiger partial charge in [0.05, 0.1) is 0 Å². The number of benzene rings is 1. The Kier molecular flexibility index (Phi) is 4.74. The molecular formula is C18H22FN3O. The van der Waals surface area contributed by atoms with Crippen LogP contribution >= 0.6 is 0 Å². The van der Waals surface area contributed by atoms with E-state index < -0.39 is 0 Å². The smallest absolute Gasteiger partial charge is 0.222 e. The highest BCUT2D eigenvalue weighted by Gasteiger charge is 2.27. The average Bonchev–Trinajstić information content (AvgIpc) is 3.17. The van der Waals surface area contributed by atoms with E-state index in [9.17, 15) is 9.18 Å². The van der Waals surface area contributed by atoms with Gasteiger partial charge in [-0.25, -0.2) is 9.37 Å². The molecule has 1 atom stereocenters. The van der Waals surface area contributed by atoms with Crippen molar-refractivity contribution in [3.8, 4) is 0 Å². The van der Waals surface area contributed by atoms with E-state index in [1.807, 2.05) is 24.1 Å². The minimum absolute atomic E-state index is 0.196. The number of rotatable bonds is 5. The Bertz CT molecular complexity index is 682. The van der Waals surface area contributed by atoms with E-state index in [4.69, 9.17) is 0 Å². The zero-order valence-electron chi connectivity index (χ0n) is 13.4. The van der Waals surface area contributed by atoms with Crippen LogP contribution in [0.2, 0.25) is 0 Å². The second-order valence-electron chi connectivity index (χ2n) is 6.15. The number of imidazole rings is 1. The van der Waals surface area contributed by atoms with Gasteiger partial charge in [0, 0.05) is 44.4 Å². The van der Waals surface area contributed by atoms with E-state index in [0.717, 1.165) is 37.3 Å². The number of hydrogen-bond donors (Lipinski definition) is 0. The van der Waals surface area contributed by atoms with Crippen molar-refractivity contribution in [2.24, 2.45) is 0 Å². The lowest BCUT2D eigenvalue weighted by Crippen LogP contribution is -2.28. The molecule has 4 nitrogen and oxygen atoms in total. The molecule has 1 fully saturated rings. The van der Waals surface area contributed by atoms with Gasteiger partial charge in [-0.05, 0) is 37.5 Å². The first kappa shape index (κ1) is 15.7. The van der Waals surface area contributed by atoms with Gasteiger partial charge in [0.1, 0.15) is 11.6 Å². The maximum atomic E-state index is 13.3. The van der Waals surface area contributed by atoms with Crippen molar-refractivity contribution in [2.45, 2.75) is 38.6 Å². The normalized spacial score (nSPS) is 17.7. The molecule has 23 heavy (non-hydrogen) atoms. The Balaban J connectivity index is 1.48. The first-order chi connectivity index (χ1) is 11.1. The third-order valence-electron chi connectivity index (χ3n) is 4.57. The molecule has 1 aliphatic heterocycles. The Morgan fingerprint density at radius 3 is 3.04 bits per heavy atom. The second-order valence-corrected chi connectivity index (χ2v) is 6.15. The van der Waals surface area contributed by atoms with Crippen LogP contribution in [0.5, 0.6) is 0 Å². The molecule has 0 aliphatic carbocycles. The molecule has 0 bridgehead atoms. The summed E-state index contributed by atoms with van der Waals surface area (Å²) in [4.78, 5) is 18.4. The van der Waals surface area contributed by atoms with Gasteiger partial charge in [-0.3, -0.25) is 4.79 Å². The van der Waals surface area contributed by atoms with E-state index >= 15 is 0 Å². The molecule has 2 heterocycles. The number of halogens is 1. The van der Waals surface area contributed by atoms with Crippen LogP contribution in [0.25, 0.3) is 0 Å². The predicted octanol–water partition coefficient (Wildman–Crippen LogP) is 3.13. The molecule has 5 heteroatoms. The van der Waals surface area contributed by atoms with E-state index in [1.54, 1.807) is 18.3 Å². The van der Waals surface area contributed by atoms with E-state index in [-0.39, 0.29) is 17.6 Å². The van der Waals surface area contributed by atoms with Crippen LogP contribution in [0.3, 0.4) is 0 Å². The molecule has 0 N–H and O–H groups in total. The van der Waals surface area contributed by atoms with E-state index in [0.29, 0.717) is 13.0 Å². The predicted molar refractivity (Wildman–Crippen MR) is 86.5 cm³/mol. The van der Waals surface area contributed by atoms with Gasteiger partial charge in [-0.2, -0.15) is 0 Å². The molecule has 1 aromatic carbocycles. The third kappa shape index (κ3) is 3.78. The van der Waals surface area contributed by atoms with Crippen LogP contribution in [0.1, 0.15) is 36.6 Å². The van der Waals surface area contributed by atoms with E-state index in [2.05, 4.69) is 9.55 Å². The van der Waals surface area contributed by atoms with Crippen LogP contribution < -0.4 is 0 Å². The zero-order valence-corrected chi connectivity index (χ0v) is 13.4. The fourth-order valence-electron chi connectivity index (χ4n) is 3.22. The Labute approximate surface area is 135 Å². The number of likely N-dealkylation sites (tertiary alicyclic amines) is 1. The topological polar surface area (TPSA) is 38.1 Å². The lowest BCUT2D eigenvalue weighted by molar-refractivity contribution is -0.130. The number of hydrogen-bond acceptors (Lipinski definition) is 2.